The lowest BCUT2D eigenvalue weighted by Gasteiger charge is -2.03. The van der Waals surface area contributed by atoms with Crippen LogP contribution < -0.4 is 11.3 Å². The molecule has 0 spiro atoms. The molecule has 4 nitrogen and oxygen atoms in total. The van der Waals surface area contributed by atoms with Gasteiger partial charge in [-0.05, 0) is 17.7 Å². The van der Waals surface area contributed by atoms with Crippen LogP contribution in [0.25, 0.3) is 0 Å². The molecule has 0 heterocycles. The third-order valence-corrected chi connectivity index (χ3v) is 2.07. The first-order valence-corrected chi connectivity index (χ1v) is 4.92. The summed E-state index contributed by atoms with van der Waals surface area (Å²) in [4.78, 5) is 10.7. The Balaban J connectivity index is 2.20. The quantitative estimate of drug-likeness (QED) is 0.345. The lowest BCUT2D eigenvalue weighted by molar-refractivity contribution is -0.122. The van der Waals surface area contributed by atoms with Gasteiger partial charge in [-0.2, -0.15) is 0 Å². The molecule has 0 unspecified atom stereocenters. The highest BCUT2D eigenvalue weighted by atomic mass is 35.5. The summed E-state index contributed by atoms with van der Waals surface area (Å²) < 4.78 is 5.27. The molecule has 1 aromatic rings. The topological polar surface area (TPSA) is 64.3 Å². The summed E-state index contributed by atoms with van der Waals surface area (Å²) in [6.45, 7) is 0.820. The average Bonchev–Trinajstić information content (AvgIpc) is 2.26. The maximum atomic E-state index is 10.7. The first-order valence-electron chi connectivity index (χ1n) is 4.54. The van der Waals surface area contributed by atoms with Crippen molar-refractivity contribution < 1.29 is 9.53 Å². The van der Waals surface area contributed by atoms with E-state index in [4.69, 9.17) is 22.2 Å². The minimum absolute atomic E-state index is 0.230. The van der Waals surface area contributed by atoms with Crippen LogP contribution in [0.1, 0.15) is 12.0 Å². The Bertz CT molecular complexity index is 314. The van der Waals surface area contributed by atoms with Crippen LogP contribution in [0.2, 0.25) is 5.02 Å². The molecule has 0 bridgehead atoms. The number of ether oxygens (including phenoxy) is 1. The number of rotatable bonds is 5. The highest BCUT2D eigenvalue weighted by Crippen LogP contribution is 2.10. The largest absolute Gasteiger partial charge is 0.376 e. The summed E-state index contributed by atoms with van der Waals surface area (Å²) >= 11 is 5.73. The summed E-state index contributed by atoms with van der Waals surface area (Å²) in [5, 5.41) is 0.696. The molecule has 0 saturated heterocycles. The first-order chi connectivity index (χ1) is 7.22. The SMILES string of the molecule is NNC(=O)CCOCc1ccc(Cl)cc1. The number of nitrogens with one attached hydrogen (secondary N) is 1. The number of hydrazine groups is 1. The summed E-state index contributed by atoms with van der Waals surface area (Å²) in [7, 11) is 0. The van der Waals surface area contributed by atoms with Gasteiger partial charge in [0.2, 0.25) is 5.91 Å². The zero-order valence-corrected chi connectivity index (χ0v) is 8.96. The van der Waals surface area contributed by atoms with E-state index < -0.39 is 0 Å². The van der Waals surface area contributed by atoms with Crippen molar-refractivity contribution in [3.63, 3.8) is 0 Å². The van der Waals surface area contributed by atoms with E-state index in [1.807, 2.05) is 17.6 Å². The number of amides is 1. The van der Waals surface area contributed by atoms with Gasteiger partial charge >= 0.3 is 0 Å². The van der Waals surface area contributed by atoms with Crippen LogP contribution in [0.3, 0.4) is 0 Å². The maximum Gasteiger partial charge on any atom is 0.236 e. The van der Waals surface area contributed by atoms with E-state index in [1.165, 1.54) is 0 Å². The van der Waals surface area contributed by atoms with E-state index in [-0.39, 0.29) is 12.3 Å². The van der Waals surface area contributed by atoms with E-state index >= 15 is 0 Å². The van der Waals surface area contributed by atoms with Crippen LogP contribution in [0, 0.1) is 0 Å². The summed E-state index contributed by atoms with van der Waals surface area (Å²) in [5.41, 5.74) is 3.06. The van der Waals surface area contributed by atoms with E-state index in [2.05, 4.69) is 0 Å². The normalized spacial score (nSPS) is 10.0. The average molecular weight is 229 g/mol. The number of hydrogen-bond acceptors (Lipinski definition) is 3. The molecular weight excluding hydrogens is 216 g/mol. The lowest BCUT2D eigenvalue weighted by atomic mass is 10.2. The molecule has 0 aliphatic rings. The van der Waals surface area contributed by atoms with Gasteiger partial charge in [0.25, 0.3) is 0 Å². The van der Waals surface area contributed by atoms with E-state index in [0.717, 1.165) is 5.56 Å². The molecule has 15 heavy (non-hydrogen) atoms. The smallest absolute Gasteiger partial charge is 0.236 e. The first kappa shape index (κ1) is 12.0. The standard InChI is InChI=1S/C10H13ClN2O2/c11-9-3-1-8(2-4-9)7-15-6-5-10(14)13-12/h1-4H,5-7,12H2,(H,13,14). The van der Waals surface area contributed by atoms with E-state index in [0.29, 0.717) is 18.2 Å². The number of carbonyl (C=O) groups excluding carboxylic acids is 1. The molecule has 3 N–H and O–H groups in total. The maximum absolute atomic E-state index is 10.7. The van der Waals surface area contributed by atoms with Gasteiger partial charge in [-0.1, -0.05) is 23.7 Å². The van der Waals surface area contributed by atoms with Gasteiger partial charge < -0.3 is 4.74 Å². The van der Waals surface area contributed by atoms with Crippen molar-refractivity contribution in [2.75, 3.05) is 6.61 Å². The molecule has 0 aromatic heterocycles. The zero-order chi connectivity index (χ0) is 11.1. The third kappa shape index (κ3) is 4.78. The summed E-state index contributed by atoms with van der Waals surface area (Å²) in [6.07, 6.45) is 0.268. The number of benzene rings is 1. The Morgan fingerprint density at radius 2 is 2.07 bits per heavy atom. The van der Waals surface area contributed by atoms with Crippen LogP contribution >= 0.6 is 11.6 Å². The van der Waals surface area contributed by atoms with Gasteiger partial charge in [-0.15, -0.1) is 0 Å². The fourth-order valence-electron chi connectivity index (χ4n) is 1.01. The highest BCUT2D eigenvalue weighted by Gasteiger charge is 1.98. The Kier molecular flexibility index (Phi) is 5.10. The minimum Gasteiger partial charge on any atom is -0.376 e. The predicted octanol–water partition coefficient (Wildman–Crippen LogP) is 1.24. The van der Waals surface area contributed by atoms with Crippen molar-refractivity contribution in [3.8, 4) is 0 Å². The van der Waals surface area contributed by atoms with Crippen molar-refractivity contribution in [1.29, 1.82) is 0 Å². The number of carbonyl (C=O) groups is 1. The molecule has 0 aliphatic carbocycles. The van der Waals surface area contributed by atoms with Crippen molar-refractivity contribution in [1.82, 2.24) is 5.43 Å². The van der Waals surface area contributed by atoms with Gasteiger partial charge in [-0.25, -0.2) is 5.84 Å². The fourth-order valence-corrected chi connectivity index (χ4v) is 1.13. The summed E-state index contributed by atoms with van der Waals surface area (Å²) in [6, 6.07) is 7.36. The number of hydrogen-bond donors (Lipinski definition) is 2. The van der Waals surface area contributed by atoms with Crippen molar-refractivity contribution in [3.05, 3.63) is 34.9 Å². The molecule has 82 valence electrons. The second-order valence-electron chi connectivity index (χ2n) is 3.00. The predicted molar refractivity (Wildman–Crippen MR) is 58.1 cm³/mol. The molecule has 1 aromatic carbocycles. The highest BCUT2D eigenvalue weighted by molar-refractivity contribution is 6.30. The molecule has 0 aliphatic heterocycles. The van der Waals surface area contributed by atoms with Gasteiger partial charge in [-0.3, -0.25) is 10.2 Å². The Morgan fingerprint density at radius 1 is 1.40 bits per heavy atom. The fraction of sp³-hybridized carbons (Fsp3) is 0.300. The van der Waals surface area contributed by atoms with Gasteiger partial charge in [0.05, 0.1) is 19.6 Å². The minimum atomic E-state index is -0.230. The molecule has 5 heteroatoms. The molecule has 0 saturated carbocycles. The number of nitrogens with two attached hydrogens (primary N) is 1. The molecule has 1 amide bonds. The van der Waals surface area contributed by atoms with Crippen molar-refractivity contribution in [2.24, 2.45) is 5.84 Å². The van der Waals surface area contributed by atoms with Gasteiger partial charge in [0.15, 0.2) is 0 Å². The van der Waals surface area contributed by atoms with Crippen LogP contribution in [0.5, 0.6) is 0 Å². The lowest BCUT2D eigenvalue weighted by Crippen LogP contribution is -2.30. The van der Waals surface area contributed by atoms with Crippen LogP contribution in [0.4, 0.5) is 0 Å². The van der Waals surface area contributed by atoms with E-state index in [9.17, 15) is 4.79 Å². The second-order valence-corrected chi connectivity index (χ2v) is 3.43. The Labute approximate surface area is 93.3 Å². The third-order valence-electron chi connectivity index (χ3n) is 1.82. The van der Waals surface area contributed by atoms with Crippen LogP contribution in [-0.4, -0.2) is 12.5 Å². The zero-order valence-electron chi connectivity index (χ0n) is 8.20. The van der Waals surface area contributed by atoms with Gasteiger partial charge in [0, 0.05) is 5.02 Å². The monoisotopic (exact) mass is 228 g/mol. The Morgan fingerprint density at radius 3 is 2.67 bits per heavy atom. The second kappa shape index (κ2) is 6.40. The van der Waals surface area contributed by atoms with Crippen LogP contribution in [0.15, 0.2) is 24.3 Å². The van der Waals surface area contributed by atoms with Crippen molar-refractivity contribution >= 4 is 17.5 Å². The van der Waals surface area contributed by atoms with Gasteiger partial charge in [0.1, 0.15) is 0 Å². The Hall–Kier alpha value is -1.10. The molecule has 1 rings (SSSR count). The molecular formula is C10H13ClN2O2. The molecule has 0 fully saturated rings. The van der Waals surface area contributed by atoms with E-state index in [1.54, 1.807) is 12.1 Å². The van der Waals surface area contributed by atoms with Crippen LogP contribution in [-0.2, 0) is 16.1 Å². The molecule has 0 radical (unpaired) electrons. The molecule has 0 atom stereocenters. The number of halogens is 1. The summed E-state index contributed by atoms with van der Waals surface area (Å²) in [5.74, 6) is 4.68. The van der Waals surface area contributed by atoms with Crippen molar-refractivity contribution in [2.45, 2.75) is 13.0 Å².